The molecule has 0 radical (unpaired) electrons. The second-order valence-electron chi connectivity index (χ2n) is 33.6. The number of aliphatic hydroxyl groups is 1. The van der Waals surface area contributed by atoms with E-state index in [-0.39, 0.29) is 292 Å². The fourth-order valence-electron chi connectivity index (χ4n) is 14.1. The van der Waals surface area contributed by atoms with Crippen LogP contribution in [0.2, 0.25) is 0 Å². The Balaban J connectivity index is -0.000000141. The Hall–Kier alpha value is -7.94. The summed E-state index contributed by atoms with van der Waals surface area (Å²) in [5.74, 6) is -6.26. The van der Waals surface area contributed by atoms with Crippen molar-refractivity contribution < 1.29 is 227 Å². The predicted octanol–water partition coefficient (Wildman–Crippen LogP) is 7.06. The van der Waals surface area contributed by atoms with Gasteiger partial charge in [-0.2, -0.15) is 9.59 Å². The maximum Gasteiger partial charge on any atom is 0.373 e. The maximum absolute atomic E-state index is 11.7. The highest BCUT2D eigenvalue weighted by Gasteiger charge is 2.44. The molecule has 7 aliphatic carbocycles. The molecule has 0 saturated heterocycles. The van der Waals surface area contributed by atoms with Crippen LogP contribution in [0.3, 0.4) is 0 Å². The zero-order valence-corrected chi connectivity index (χ0v) is 95.5. The van der Waals surface area contributed by atoms with Crippen LogP contribution in [0.15, 0.2) is 0 Å². The minimum Gasteiger partial charge on any atom is -0.748 e. The van der Waals surface area contributed by atoms with Gasteiger partial charge in [0, 0.05) is 132 Å². The summed E-state index contributed by atoms with van der Waals surface area (Å²) in [4.78, 5) is 127. The molecule has 0 aromatic heterocycles. The van der Waals surface area contributed by atoms with Gasteiger partial charge in [-0.1, -0.05) is 66.2 Å². The third-order valence-electron chi connectivity index (χ3n) is 21.2. The first-order chi connectivity index (χ1) is 64.7. The lowest BCUT2D eigenvalue weighted by atomic mass is 9.83. The molecule has 2 bridgehead atoms. The summed E-state index contributed by atoms with van der Waals surface area (Å²) in [6, 6.07) is 0. The van der Waals surface area contributed by atoms with E-state index in [0.29, 0.717) is 75.6 Å². The Morgan fingerprint density at radius 3 is 0.792 bits per heavy atom. The number of fused-ring (bicyclic) bond motifs is 2. The van der Waals surface area contributed by atoms with Gasteiger partial charge in [0.1, 0.15) is 6.10 Å². The highest BCUT2D eigenvalue weighted by Crippen LogP contribution is 2.49. The van der Waals surface area contributed by atoms with Gasteiger partial charge in [-0.05, 0) is 198 Å². The van der Waals surface area contributed by atoms with Gasteiger partial charge in [0.25, 0.3) is 6.47 Å². The van der Waals surface area contributed by atoms with Crippen LogP contribution in [0.1, 0.15) is 259 Å². The minimum atomic E-state index is -4.25. The summed E-state index contributed by atoms with van der Waals surface area (Å²) in [5.41, 5.74) is 0. The number of aliphatic hydroxyl groups excluding tert-OH is 1. The van der Waals surface area contributed by atoms with E-state index in [1.54, 1.807) is 20.8 Å². The molecule has 7 fully saturated rings. The van der Waals surface area contributed by atoms with Gasteiger partial charge >= 0.3 is 59.9 Å². The number of carbonyl (C=O) groups is 10. The molecule has 876 valence electrons. The molecule has 0 aromatic carbocycles. The van der Waals surface area contributed by atoms with Crippen molar-refractivity contribution >= 4 is 157 Å². The van der Waals surface area contributed by atoms with Crippen molar-refractivity contribution in [1.29, 1.82) is 0 Å². The number of rotatable bonds is 46. The molecule has 59 heteroatoms. The van der Waals surface area contributed by atoms with Crippen molar-refractivity contribution in [3.8, 4) is 0 Å². The quantitative estimate of drug-likeness (QED) is 0.0159. The number of hydrogen-bond donors (Lipinski definition) is 1. The van der Waals surface area contributed by atoms with Crippen LogP contribution in [-0.2, 0) is 196 Å². The van der Waals surface area contributed by atoms with E-state index >= 15 is 0 Å². The molecule has 0 aromatic rings. The molecule has 7 aliphatic rings. The molecular weight excluding hydrogens is 2170 g/mol. The molecule has 50 nitrogen and oxygen atoms in total. The van der Waals surface area contributed by atoms with Crippen molar-refractivity contribution in [2.24, 2.45) is 59.2 Å². The Morgan fingerprint density at radius 1 is 0.322 bits per heavy atom. The van der Waals surface area contributed by atoms with E-state index in [1.807, 2.05) is 0 Å². The van der Waals surface area contributed by atoms with Crippen molar-refractivity contribution in [2.45, 2.75) is 272 Å². The molecule has 0 spiro atoms. The lowest BCUT2D eigenvalue weighted by Gasteiger charge is -2.25. The zero-order valence-electron chi connectivity index (χ0n) is 88.1. The second kappa shape index (κ2) is 89.4. The first-order valence-electron chi connectivity index (χ1n) is 45.4. The van der Waals surface area contributed by atoms with Gasteiger partial charge in [0.2, 0.25) is 0 Å². The van der Waals surface area contributed by atoms with Crippen LogP contribution in [0.5, 0.6) is 0 Å². The van der Waals surface area contributed by atoms with E-state index in [1.165, 1.54) is 13.3 Å². The second-order valence-corrected chi connectivity index (χ2v) is 47.3. The molecule has 7 rings (SSSR count). The molecule has 3 unspecified atom stereocenters. The number of esters is 9. The summed E-state index contributed by atoms with van der Waals surface area (Å²) in [5, 5.41) is 9.26. The Labute approximate surface area is 887 Å². The molecule has 7 saturated carbocycles. The average Bonchev–Trinajstić information content (AvgIpc) is 1.66. The van der Waals surface area contributed by atoms with Crippen LogP contribution >= 0.6 is 0 Å². The molecule has 149 heavy (non-hydrogen) atoms. The smallest absolute Gasteiger partial charge is 0.373 e. The summed E-state index contributed by atoms with van der Waals surface area (Å²) < 4.78 is 324. The van der Waals surface area contributed by atoms with Crippen LogP contribution < -0.4 is 0 Å². The molecule has 1 N–H and O–H groups in total. The third-order valence-corrected chi connectivity index (χ3v) is 28.3. The fraction of sp³-hybridized carbons (Fsp3) is 0.778. The molecule has 0 amide bonds. The summed E-state index contributed by atoms with van der Waals surface area (Å²) in [6.07, 6.45) is 22.4. The highest BCUT2D eigenvalue weighted by atomic mass is 32.3. The summed E-state index contributed by atoms with van der Waals surface area (Å²) >= 11 is 0. The third kappa shape index (κ3) is 106. The molecule has 3 atom stereocenters. The SMILES string of the molecule is CC(=O)OCCCS(=O)(=O)[O-].CC(C)C(=O)OCCCS(=O)(=O)[O-].CC1CCC(C(=O)OCCCS(=O)(=O)[O-])CC1.CCC(=O)OCCCS(=O)(=O)[O-].O=C(OCCCS(=O)(=O)[O-])C1CC2CCC1C2.O=C(OCCCS(=O)(=O)[O-])C1CCC(O)CC1.O=C(OCCCS(=O)(=O)[O-])C1CCCC1.O=C(OCCCS(=O)(=O)[O-])C1CCCCC1.O=C=O.O=COC1CCC(C(=O)OCCCS(=O)(=O)[O-])CC1.[CH3+].[CH3+].[CH3+].[CH3+].[CH3+].[CH3+].[CH3+].[CH3+].[CH3+]. The first kappa shape index (κ1) is 166. The van der Waals surface area contributed by atoms with E-state index in [4.69, 9.17) is 42.7 Å². The zero-order chi connectivity index (χ0) is 108. The maximum atomic E-state index is 11.7. The Morgan fingerprint density at radius 2 is 0.557 bits per heavy atom. The first-order valence-corrected chi connectivity index (χ1v) is 59.6. The average molecular weight is 2330 g/mol. The van der Waals surface area contributed by atoms with Crippen molar-refractivity contribution in [2.75, 3.05) is 111 Å². The van der Waals surface area contributed by atoms with E-state index in [2.05, 4.69) is 21.1 Å². The van der Waals surface area contributed by atoms with Gasteiger partial charge in [-0.3, -0.25) is 47.9 Å². The molecule has 0 aliphatic heterocycles. The van der Waals surface area contributed by atoms with E-state index in [0.717, 1.165) is 103 Å². The van der Waals surface area contributed by atoms with Crippen LogP contribution in [0, 0.1) is 126 Å². The van der Waals surface area contributed by atoms with Gasteiger partial charge in [-0.15, -0.1) is 0 Å². The van der Waals surface area contributed by atoms with Gasteiger partial charge in [0.05, 0.1) is 198 Å². The number of hydrogen-bond acceptors (Lipinski definition) is 50. The van der Waals surface area contributed by atoms with Gasteiger partial charge in [0.15, 0.2) is 0 Å². The van der Waals surface area contributed by atoms with Crippen molar-refractivity contribution in [1.82, 2.24) is 0 Å². The van der Waals surface area contributed by atoms with Crippen molar-refractivity contribution in [3.63, 3.8) is 0 Å². The minimum absolute atomic E-state index is 0. The molecule has 0 heterocycles. The van der Waals surface area contributed by atoms with Crippen molar-refractivity contribution in [3.05, 3.63) is 66.8 Å². The highest BCUT2D eigenvalue weighted by molar-refractivity contribution is 7.87. The summed E-state index contributed by atoms with van der Waals surface area (Å²) in [6.45, 7) is 8.73. The monoisotopic (exact) mass is 2330 g/mol. The van der Waals surface area contributed by atoms with Gasteiger partial charge < -0.3 is 93.4 Å². The van der Waals surface area contributed by atoms with Crippen LogP contribution in [0.25, 0.3) is 0 Å². The number of carbonyl (C=O) groups excluding carboxylic acids is 12. The standard InChI is InChI=1S/C11H18O7S.C11H18O5S.C11H20O5S.C10H18O6S.C10H18O5S.C9H16O5S.C7H14O5S.C6H12O5S.C5H10O5S.CO2.9CH3/c12-8-18-10-4-2-9(3-5-10)11(13)17-6-1-7-19(14,15)16;12-11(16-4-1-5-17(13,14)15)10-7-8-2-3-9(10)6-8;1-9-3-5-10(6-4-9)11(12)16-7-2-8-17(13,14)15;11-9-4-2-8(3-5-9)10(12)16-6-1-7-17(13,14)15;11-10(9-5-2-1-3-6-9)15-7-4-8-16(12,13)14;10-9(8-4-1-2-5-8)14-6-3-7-15(11,12)13;1-6(2)7(8)12-4-3-5-13(9,10)11;1-2-6(7)11-4-3-5-12(8,9)10;1-5(6)10-3-2-4-11(7,8)9;2-1-3;;;;;;;;;/h8-10H,1-7H2,(H,14,15,16);8-10H,1-7H2,(H,13,14,15);9-10H,2-8H2,1H3,(H,13,14,15);8-9,11H,1-7H2,(H,13,14,15);9H,1-8H2,(H,12,13,14);8H,1-7H2,(H,11,12,13);6H,3-5H2,1-2H3,(H,9,10,11);2-5H2,1H3,(H,8,9,10);2-4H2,1H3,(H,7,8,9);;9*1H3/q;;;;;;;;;;9*+1/p-9. The lowest BCUT2D eigenvalue weighted by molar-refractivity contribution is -0.192. The Bertz CT molecular complexity index is 4670. The number of ether oxygens (including phenoxy) is 10. The molecular formula is C90H162O50S9. The van der Waals surface area contributed by atoms with Crippen LogP contribution in [0.4, 0.5) is 0 Å². The lowest BCUT2D eigenvalue weighted by Crippen LogP contribution is -2.27. The van der Waals surface area contributed by atoms with Crippen LogP contribution in [-0.4, -0.2) is 312 Å². The topological polar surface area (TPSA) is 832 Å². The van der Waals surface area contributed by atoms with E-state index in [9.17, 15) is 170 Å². The summed E-state index contributed by atoms with van der Waals surface area (Å²) in [7, 11) is -37.8. The fourth-order valence-corrected chi connectivity index (χ4v) is 18.3. The van der Waals surface area contributed by atoms with Gasteiger partial charge in [-0.25, -0.2) is 75.8 Å². The predicted molar refractivity (Wildman–Crippen MR) is 534 cm³/mol. The Kier molecular flexibility index (Phi) is 99.7. The largest absolute Gasteiger partial charge is 0.748 e. The van der Waals surface area contributed by atoms with E-state index < -0.39 is 155 Å². The normalized spacial score (nSPS) is 19.0.